The zero-order chi connectivity index (χ0) is 42.9. The third-order valence-corrected chi connectivity index (χ3v) is 12.1. The van der Waals surface area contributed by atoms with Crippen molar-refractivity contribution in [3.05, 3.63) is 123 Å². The van der Waals surface area contributed by atoms with Gasteiger partial charge in [-0.2, -0.15) is 5.10 Å². The largest absolute Gasteiger partial charge is 0.372 e. The number of nitrogens with zero attached hydrogens (tertiary/aromatic N) is 6. The van der Waals surface area contributed by atoms with Crippen molar-refractivity contribution in [3.8, 4) is 5.69 Å². The van der Waals surface area contributed by atoms with Crippen LogP contribution in [-0.4, -0.2) is 69.8 Å². The minimum atomic E-state index is -3.81. The lowest BCUT2D eigenvalue weighted by molar-refractivity contribution is -0.121. The van der Waals surface area contributed by atoms with E-state index >= 15 is 4.79 Å². The van der Waals surface area contributed by atoms with Crippen molar-refractivity contribution in [2.75, 3.05) is 29.0 Å². The number of benzene rings is 4. The number of para-hydroxylation sites is 1. The lowest BCUT2D eigenvalue weighted by Gasteiger charge is -2.37. The zero-order valence-electron chi connectivity index (χ0n) is 33.8. The van der Waals surface area contributed by atoms with Crippen LogP contribution in [0.4, 0.5) is 20.3 Å². The molecule has 0 radical (unpaired) electrons. The second-order valence-electron chi connectivity index (χ2n) is 16.2. The van der Waals surface area contributed by atoms with E-state index in [1.165, 1.54) is 27.4 Å². The predicted molar refractivity (Wildman–Crippen MR) is 232 cm³/mol. The Labute approximate surface area is 354 Å². The second kappa shape index (κ2) is 15.6. The highest BCUT2D eigenvalue weighted by Gasteiger charge is 2.30. The van der Waals surface area contributed by atoms with E-state index in [2.05, 4.69) is 24.6 Å². The van der Waals surface area contributed by atoms with Crippen molar-refractivity contribution in [3.63, 3.8) is 0 Å². The van der Waals surface area contributed by atoms with E-state index in [9.17, 15) is 22.0 Å². The van der Waals surface area contributed by atoms with Crippen LogP contribution in [0.1, 0.15) is 55.7 Å². The van der Waals surface area contributed by atoms with E-state index in [4.69, 9.17) is 21.3 Å². The van der Waals surface area contributed by atoms with E-state index < -0.39 is 39.2 Å². The maximum Gasteiger partial charge on any atom is 0.266 e. The molecule has 7 aromatic rings. The number of anilines is 2. The fraction of sp³-hybridized carbons (Fsp3) is 0.318. The van der Waals surface area contributed by atoms with Crippen LogP contribution in [-0.2, 0) is 39.4 Å². The smallest absolute Gasteiger partial charge is 0.266 e. The Morgan fingerprint density at radius 2 is 1.70 bits per heavy atom. The first kappa shape index (κ1) is 40.6. The molecule has 61 heavy (non-hydrogen) atoms. The molecule has 4 aromatic carbocycles. The average molecular weight is 869 g/mol. The Morgan fingerprint density at radius 3 is 2.41 bits per heavy atom. The molecule has 9 rings (SSSR count). The Morgan fingerprint density at radius 1 is 0.984 bits per heavy atom. The summed E-state index contributed by atoms with van der Waals surface area (Å²) in [6.45, 7) is 5.20. The molecule has 0 bridgehead atoms. The van der Waals surface area contributed by atoms with E-state index in [0.29, 0.717) is 24.6 Å². The summed E-state index contributed by atoms with van der Waals surface area (Å²) in [6.07, 6.45) is 4.80. The normalized spacial score (nSPS) is 17.7. The van der Waals surface area contributed by atoms with Gasteiger partial charge in [0.05, 0.1) is 63.4 Å². The quantitative estimate of drug-likeness (QED) is 0.140. The van der Waals surface area contributed by atoms with Crippen LogP contribution < -0.4 is 20.5 Å². The van der Waals surface area contributed by atoms with Gasteiger partial charge in [0.2, 0.25) is 15.9 Å². The third kappa shape index (κ3) is 8.07. The number of carbonyl (C=O) groups is 1. The number of carbonyl (C=O) groups excluding carboxylic acids is 1. The molecule has 13 nitrogen and oxygen atoms in total. The summed E-state index contributed by atoms with van der Waals surface area (Å²) in [5.74, 6) is -2.03. The van der Waals surface area contributed by atoms with Gasteiger partial charge in [0.1, 0.15) is 17.5 Å². The molecule has 17 heteroatoms. The topological polar surface area (TPSA) is 145 Å². The molecule has 3 atom stereocenters. The zero-order valence-corrected chi connectivity index (χ0v) is 35.4. The molecule has 1 aliphatic heterocycles. The highest BCUT2D eigenvalue weighted by Crippen LogP contribution is 2.40. The molecule has 3 aromatic heterocycles. The molecule has 1 saturated heterocycles. The van der Waals surface area contributed by atoms with Crippen molar-refractivity contribution >= 4 is 71.7 Å². The molecule has 316 valence electrons. The minimum Gasteiger partial charge on any atom is -0.372 e. The van der Waals surface area contributed by atoms with Gasteiger partial charge >= 0.3 is 0 Å². The van der Waals surface area contributed by atoms with Crippen LogP contribution in [0.2, 0.25) is 5.02 Å². The number of amides is 1. The number of hydrogen-bond donors (Lipinski definition) is 2. The van der Waals surface area contributed by atoms with Gasteiger partial charge in [-0.1, -0.05) is 29.8 Å². The van der Waals surface area contributed by atoms with Gasteiger partial charge < -0.3 is 19.5 Å². The SMILES string of the molecule is C[C@@H]1CN(c2ccc3c(=O)n(-c4ccc(Cl)c5c(NS(C)(=O)=O)nn(C)c45)c([C@H](Cc4cc(F)cc(F)c4)NC(=O)Cc4cn(C5CC5)c5ccccc45)nc3c2)C[C@H](C)O1. The number of rotatable bonds is 11. The molecule has 0 spiro atoms. The van der Waals surface area contributed by atoms with Gasteiger partial charge in [0, 0.05) is 61.5 Å². The van der Waals surface area contributed by atoms with E-state index in [0.717, 1.165) is 47.3 Å². The first-order valence-electron chi connectivity index (χ1n) is 20.0. The highest BCUT2D eigenvalue weighted by molar-refractivity contribution is 7.92. The summed E-state index contributed by atoms with van der Waals surface area (Å²) >= 11 is 6.73. The van der Waals surface area contributed by atoms with Gasteiger partial charge in [-0.25, -0.2) is 22.2 Å². The molecular weight excluding hydrogens is 826 g/mol. The number of morpholine rings is 1. The molecule has 1 amide bonds. The van der Waals surface area contributed by atoms with Crippen molar-refractivity contribution in [2.24, 2.45) is 7.05 Å². The monoisotopic (exact) mass is 868 g/mol. The molecular formula is C44H43ClF2N8O5S. The number of halogens is 3. The maximum atomic E-state index is 15.2. The second-order valence-corrected chi connectivity index (χ2v) is 18.4. The standard InChI is InChI=1S/C44H43ClF2N8O5S/c1-24-21-53(22-25(2)60-24)31-11-12-33-35(20-31)49-43(55(44(33)57)38-14-13-34(45)40-41(38)52(3)50-42(40)51-61(4,58)59)36(17-26-15-28(46)19-29(47)16-26)48-39(56)18-27-23-54(30-9-10-30)37-8-6-5-7-32(27)37/h5-8,11-16,19-20,23-25,30,36H,9-10,17-18,21-22H2,1-4H3,(H,48,56)(H,50,51)/t24-,25+,36-/m0/s1. The van der Waals surface area contributed by atoms with Crippen molar-refractivity contribution in [2.45, 2.75) is 63.8 Å². The van der Waals surface area contributed by atoms with Crippen molar-refractivity contribution in [1.82, 2.24) is 29.2 Å². The fourth-order valence-electron chi connectivity index (χ4n) is 8.69. The molecule has 2 aliphatic rings. The number of nitrogens with one attached hydrogen (secondary N) is 2. The molecule has 1 aliphatic carbocycles. The van der Waals surface area contributed by atoms with E-state index in [1.54, 1.807) is 19.2 Å². The van der Waals surface area contributed by atoms with Crippen molar-refractivity contribution in [1.29, 1.82) is 0 Å². The molecule has 2 fully saturated rings. The number of sulfonamides is 1. The number of aromatic nitrogens is 5. The number of ether oxygens (including phenoxy) is 1. The average Bonchev–Trinajstić information content (AvgIpc) is 3.89. The fourth-order valence-corrected chi connectivity index (χ4v) is 9.43. The van der Waals surface area contributed by atoms with Crippen LogP contribution in [0.25, 0.3) is 38.4 Å². The van der Waals surface area contributed by atoms with Crippen LogP contribution in [0.5, 0.6) is 0 Å². The Balaban J connectivity index is 1.25. The summed E-state index contributed by atoms with van der Waals surface area (Å²) in [4.78, 5) is 36.9. The summed E-state index contributed by atoms with van der Waals surface area (Å²) in [7, 11) is -2.23. The first-order chi connectivity index (χ1) is 29.1. The van der Waals surface area contributed by atoms with Crippen molar-refractivity contribution < 1.29 is 26.7 Å². The van der Waals surface area contributed by atoms with Gasteiger partial charge in [-0.15, -0.1) is 0 Å². The minimum absolute atomic E-state index is 0.0307. The predicted octanol–water partition coefficient (Wildman–Crippen LogP) is 7.12. The molecule has 4 heterocycles. The molecule has 1 saturated carbocycles. The summed E-state index contributed by atoms with van der Waals surface area (Å²) in [5.41, 5.74) is 3.16. The van der Waals surface area contributed by atoms with Crippen LogP contribution in [0.15, 0.2) is 83.8 Å². The molecule has 0 unspecified atom stereocenters. The summed E-state index contributed by atoms with van der Waals surface area (Å²) < 4.78 is 67.9. The Hall–Kier alpha value is -5.84. The molecule has 2 N–H and O–H groups in total. The van der Waals surface area contributed by atoms with Crippen LogP contribution in [0.3, 0.4) is 0 Å². The highest BCUT2D eigenvalue weighted by atomic mass is 35.5. The number of fused-ring (bicyclic) bond motifs is 3. The maximum absolute atomic E-state index is 15.2. The number of aryl methyl sites for hydroxylation is 1. The Bertz CT molecular complexity index is 3040. The number of hydrogen-bond acceptors (Lipinski definition) is 8. The lowest BCUT2D eigenvalue weighted by Crippen LogP contribution is -2.45. The summed E-state index contributed by atoms with van der Waals surface area (Å²) in [6, 6.07) is 18.7. The first-order valence-corrected chi connectivity index (χ1v) is 22.3. The Kier molecular flexibility index (Phi) is 10.4. The lowest BCUT2D eigenvalue weighted by atomic mass is 10.0. The van der Waals surface area contributed by atoms with Gasteiger partial charge in [0.25, 0.3) is 5.56 Å². The summed E-state index contributed by atoms with van der Waals surface area (Å²) in [5, 5.41) is 9.09. The van der Waals surface area contributed by atoms with Gasteiger partial charge in [0.15, 0.2) is 5.82 Å². The third-order valence-electron chi connectivity index (χ3n) is 11.2. The van der Waals surface area contributed by atoms with Gasteiger partial charge in [-0.05, 0) is 86.3 Å². The van der Waals surface area contributed by atoms with Crippen LogP contribution in [0, 0.1) is 11.6 Å². The van der Waals surface area contributed by atoms with Crippen LogP contribution >= 0.6 is 11.6 Å². The van der Waals surface area contributed by atoms with E-state index in [-0.39, 0.29) is 69.3 Å². The van der Waals surface area contributed by atoms with Gasteiger partial charge in [-0.3, -0.25) is 23.6 Å². The van der Waals surface area contributed by atoms with E-state index in [1.807, 2.05) is 56.4 Å².